The number of non-ortho nitro benzene ring substituents is 2. The molecule has 0 fully saturated rings. The van der Waals surface area contributed by atoms with Crippen molar-refractivity contribution in [3.63, 3.8) is 0 Å². The highest BCUT2D eigenvalue weighted by Crippen LogP contribution is 2.48. The van der Waals surface area contributed by atoms with Gasteiger partial charge in [0.2, 0.25) is 0 Å². The Morgan fingerprint density at radius 2 is 0.692 bits per heavy atom. The van der Waals surface area contributed by atoms with E-state index in [2.05, 4.69) is 178 Å². The maximum atomic E-state index is 12.3. The van der Waals surface area contributed by atoms with E-state index in [0.717, 1.165) is 81.7 Å². The largest absolute Gasteiger partial charge is 0.305 e. The molecule has 0 aliphatic heterocycles. The van der Waals surface area contributed by atoms with Crippen LogP contribution in [-0.2, 0) is 12.8 Å². The van der Waals surface area contributed by atoms with Crippen molar-refractivity contribution < 1.29 is 9.85 Å². The molecule has 0 aliphatic carbocycles. The third-order valence-corrected chi connectivity index (χ3v) is 29.9. The maximum absolute atomic E-state index is 12.3. The number of benzene rings is 4. The highest BCUT2D eigenvalue weighted by molar-refractivity contribution is 6.91. The molecular weight excluding hydrogens is 993 g/mol. The molecule has 78 heavy (non-hydrogen) atoms. The van der Waals surface area contributed by atoms with Crippen molar-refractivity contribution in [3.05, 3.63) is 140 Å². The maximum Gasteiger partial charge on any atom is 0.269 e. The highest BCUT2D eigenvalue weighted by Gasteiger charge is 2.43. The van der Waals surface area contributed by atoms with E-state index >= 15 is 0 Å². The van der Waals surface area contributed by atoms with Crippen molar-refractivity contribution in [2.45, 2.75) is 220 Å². The first-order valence-corrected chi connectivity index (χ1v) is 34.3. The average molecular weight is 1090 g/mol. The van der Waals surface area contributed by atoms with Gasteiger partial charge in [-0.2, -0.15) is 0 Å². The molecule has 10 heteroatoms. The molecule has 0 spiro atoms. The van der Waals surface area contributed by atoms with Gasteiger partial charge in [-0.15, -0.1) is 11.1 Å². The summed E-state index contributed by atoms with van der Waals surface area (Å²) in [5.74, 6) is 8.10. The van der Waals surface area contributed by atoms with Gasteiger partial charge in [-0.05, 0) is 119 Å². The molecule has 0 bridgehead atoms. The van der Waals surface area contributed by atoms with Gasteiger partial charge in [-0.3, -0.25) is 20.2 Å². The van der Waals surface area contributed by atoms with Crippen LogP contribution in [0.1, 0.15) is 196 Å². The van der Waals surface area contributed by atoms with E-state index in [1.807, 2.05) is 24.3 Å². The Morgan fingerprint density at radius 3 is 0.962 bits per heavy atom. The number of hydrogen-bond donors (Lipinski definition) is 0. The minimum absolute atomic E-state index is 0.0221. The zero-order valence-electron chi connectivity index (χ0n) is 50.0. The number of hydrogen-bond acceptors (Lipinski definition) is 4. The predicted molar refractivity (Wildman–Crippen MR) is 337 cm³/mol. The average Bonchev–Trinajstić information content (AvgIpc) is 3.79. The van der Waals surface area contributed by atoms with Crippen LogP contribution in [0, 0.1) is 43.2 Å². The summed E-state index contributed by atoms with van der Waals surface area (Å²) in [6.07, 6.45) is 16.7. The Hall–Kier alpha value is -5.95. The minimum atomic E-state index is -2.40. The number of nitro groups is 2. The number of fused-ring (bicyclic) bond motifs is 1. The first kappa shape index (κ1) is 61.3. The molecule has 0 unspecified atom stereocenters. The second-order valence-corrected chi connectivity index (χ2v) is 35.2. The van der Waals surface area contributed by atoms with Gasteiger partial charge in [-0.1, -0.05) is 197 Å². The zero-order valence-corrected chi connectivity index (χ0v) is 52.0. The number of rotatable bonds is 26. The summed E-state index contributed by atoms with van der Waals surface area (Å²) in [7, 11) is -4.79. The molecule has 0 aliphatic rings. The van der Waals surface area contributed by atoms with E-state index < -0.39 is 16.1 Å². The number of unbranched alkanes of at least 4 members (excludes halogenated alkanes) is 10. The summed E-state index contributed by atoms with van der Waals surface area (Å²) in [4.78, 5) is 24.0. The van der Waals surface area contributed by atoms with E-state index in [0.29, 0.717) is 33.2 Å². The number of nitro benzene ring substituents is 2. The van der Waals surface area contributed by atoms with Crippen LogP contribution in [-0.4, -0.2) is 35.1 Å². The fraction of sp³-hybridized carbons (Fsp3) is 0.500. The van der Waals surface area contributed by atoms with Crippen LogP contribution in [0.2, 0.25) is 33.2 Å². The molecule has 2 heterocycles. The Labute approximate surface area is 471 Å². The van der Waals surface area contributed by atoms with E-state index in [-0.39, 0.29) is 21.2 Å². The SMILES string of the molecule is CCCCCCCCc1ccc(-n2c(-c3ccc([N+](=O)[O-])cc3)c(C#C[Si](C(C)C)(C(C)C)C(C)C)c3c2c(C#C[Si](C(C)C)(C(C)C)C(C)C)c(-c2ccc([N+](=O)[O-])cc2)n3-c2ccc(CCCCCCCC)cc2)cc1. The first-order chi connectivity index (χ1) is 37.3. The zero-order chi connectivity index (χ0) is 56.9. The molecule has 0 amide bonds. The molecular formula is C68H92N4O4Si2. The second kappa shape index (κ2) is 27.8. The van der Waals surface area contributed by atoms with Gasteiger partial charge in [0.1, 0.15) is 16.1 Å². The molecule has 416 valence electrons. The van der Waals surface area contributed by atoms with Crippen LogP contribution in [0.3, 0.4) is 0 Å². The summed E-state index contributed by atoms with van der Waals surface area (Å²) >= 11 is 0. The summed E-state index contributed by atoms with van der Waals surface area (Å²) in [5.41, 5.74) is 21.8. The van der Waals surface area contributed by atoms with Gasteiger partial charge in [0.15, 0.2) is 0 Å². The Morgan fingerprint density at radius 1 is 0.410 bits per heavy atom. The summed E-state index contributed by atoms with van der Waals surface area (Å²) in [5, 5.41) is 24.6. The van der Waals surface area contributed by atoms with Gasteiger partial charge in [0.05, 0.1) is 43.4 Å². The van der Waals surface area contributed by atoms with Crippen LogP contribution in [0.4, 0.5) is 11.4 Å². The molecule has 0 atom stereocenters. The standard InChI is InChI=1S/C68H92N4O4Si2/c1-15-17-19-21-23-25-27-55-29-37-59(38-30-55)69-65(57-33-41-61(42-34-57)71(73)74)63(45-47-77(49(3)4,50(5)6)51(7)8)68-67(69)64(46-48-78(52(9)10,53(11)12)54(13)14)66(58-35-43-62(44-36-58)72(75)76)70(68)60-39-31-56(32-40-60)28-26-24-22-20-18-16-2/h29-44,49-54H,15-28H2,1-14H3. The van der Waals surface area contributed by atoms with Crippen LogP contribution >= 0.6 is 0 Å². The summed E-state index contributed by atoms with van der Waals surface area (Å²) < 4.78 is 4.70. The normalized spacial score (nSPS) is 12.1. The van der Waals surface area contributed by atoms with E-state index in [1.165, 1.54) is 75.3 Å². The number of aromatic nitrogens is 2. The summed E-state index contributed by atoms with van der Waals surface area (Å²) in [6, 6.07) is 32.0. The quantitative estimate of drug-likeness (QED) is 0.0178. The van der Waals surface area contributed by atoms with Crippen molar-refractivity contribution in [2.75, 3.05) is 0 Å². The first-order valence-electron chi connectivity index (χ1n) is 29.8. The number of nitrogens with zero attached hydrogens (tertiary/aromatic N) is 4. The van der Waals surface area contributed by atoms with E-state index in [9.17, 15) is 20.2 Å². The van der Waals surface area contributed by atoms with Crippen LogP contribution in [0.15, 0.2) is 97.1 Å². The molecule has 0 saturated heterocycles. The topological polar surface area (TPSA) is 96.1 Å². The predicted octanol–water partition coefficient (Wildman–Crippen LogP) is 20.5. The third-order valence-electron chi connectivity index (χ3n) is 17.3. The van der Waals surface area contributed by atoms with Gasteiger partial charge >= 0.3 is 0 Å². The number of aryl methyl sites for hydroxylation is 2. The van der Waals surface area contributed by atoms with Crippen LogP contribution in [0.25, 0.3) is 44.9 Å². The third kappa shape index (κ3) is 13.4. The fourth-order valence-corrected chi connectivity index (χ4v) is 23.6. The Balaban J connectivity index is 1.88. The van der Waals surface area contributed by atoms with Crippen LogP contribution < -0.4 is 0 Å². The lowest BCUT2D eigenvalue weighted by Crippen LogP contribution is -2.43. The highest BCUT2D eigenvalue weighted by atomic mass is 28.3. The van der Waals surface area contributed by atoms with Gasteiger partial charge < -0.3 is 9.13 Å². The van der Waals surface area contributed by atoms with Gasteiger partial charge in [0.25, 0.3) is 11.4 Å². The molecule has 6 aromatic rings. The second-order valence-electron chi connectivity index (χ2n) is 24.1. The Kier molecular flexibility index (Phi) is 21.8. The van der Waals surface area contributed by atoms with Gasteiger partial charge in [-0.25, -0.2) is 0 Å². The molecule has 8 nitrogen and oxygen atoms in total. The van der Waals surface area contributed by atoms with Crippen LogP contribution in [0.5, 0.6) is 0 Å². The molecule has 2 aromatic heterocycles. The smallest absolute Gasteiger partial charge is 0.269 e. The van der Waals surface area contributed by atoms with E-state index in [4.69, 9.17) is 0 Å². The summed E-state index contributed by atoms with van der Waals surface area (Å²) in [6.45, 7) is 32.6. The van der Waals surface area contributed by atoms with Crippen molar-refractivity contribution >= 4 is 38.6 Å². The lowest BCUT2D eigenvalue weighted by Gasteiger charge is -2.38. The fourth-order valence-electron chi connectivity index (χ4n) is 13.2. The molecule has 0 saturated carbocycles. The van der Waals surface area contributed by atoms with E-state index in [1.54, 1.807) is 24.3 Å². The Bertz CT molecular complexity index is 2810. The lowest BCUT2D eigenvalue weighted by atomic mass is 10.0. The van der Waals surface area contributed by atoms with Gasteiger partial charge in [0, 0.05) is 46.8 Å². The molecule has 0 radical (unpaired) electrons. The lowest BCUT2D eigenvalue weighted by molar-refractivity contribution is -0.385. The molecule has 0 N–H and O–H groups in total. The minimum Gasteiger partial charge on any atom is -0.305 e. The van der Waals surface area contributed by atoms with Crippen molar-refractivity contribution in [1.29, 1.82) is 0 Å². The molecule has 4 aromatic carbocycles. The van der Waals surface area contributed by atoms with Crippen molar-refractivity contribution in [2.24, 2.45) is 0 Å². The molecule has 6 rings (SSSR count). The van der Waals surface area contributed by atoms with Crippen molar-refractivity contribution in [3.8, 4) is 56.8 Å². The monoisotopic (exact) mass is 1080 g/mol. The van der Waals surface area contributed by atoms with Crippen molar-refractivity contribution in [1.82, 2.24) is 9.13 Å².